The van der Waals surface area contributed by atoms with Gasteiger partial charge in [-0.05, 0) is 33.1 Å². The molecule has 0 aromatic heterocycles. The van der Waals surface area contributed by atoms with Gasteiger partial charge in [0.2, 0.25) is 0 Å². The van der Waals surface area contributed by atoms with E-state index in [-0.39, 0.29) is 12.6 Å². The van der Waals surface area contributed by atoms with E-state index in [2.05, 4.69) is 0 Å². The largest absolute Gasteiger partial charge is 0.481 e. The van der Waals surface area contributed by atoms with Crippen molar-refractivity contribution in [2.75, 3.05) is 26.7 Å². The van der Waals surface area contributed by atoms with E-state index in [1.165, 1.54) is 0 Å². The number of urea groups is 1. The van der Waals surface area contributed by atoms with Crippen molar-refractivity contribution >= 4 is 12.0 Å². The van der Waals surface area contributed by atoms with Crippen molar-refractivity contribution in [3.05, 3.63) is 0 Å². The summed E-state index contributed by atoms with van der Waals surface area (Å²) in [5.41, 5.74) is -0.848. The average Bonchev–Trinajstić information content (AvgIpc) is 2.34. The van der Waals surface area contributed by atoms with E-state index in [4.69, 9.17) is 0 Å². The first-order valence-electron chi connectivity index (χ1n) is 6.68. The number of nitrogens with zero attached hydrogens (tertiary/aromatic N) is 2. The number of likely N-dealkylation sites (tertiary alicyclic amines) is 1. The van der Waals surface area contributed by atoms with Gasteiger partial charge in [0.15, 0.2) is 0 Å². The molecular formula is C13H24N2O4. The summed E-state index contributed by atoms with van der Waals surface area (Å²) < 4.78 is 0. The minimum Gasteiger partial charge on any atom is -0.481 e. The molecular weight excluding hydrogens is 248 g/mol. The van der Waals surface area contributed by atoms with Crippen LogP contribution in [0.25, 0.3) is 0 Å². The molecule has 2 N–H and O–H groups in total. The third-order valence-corrected chi connectivity index (χ3v) is 3.69. The number of hydrogen-bond acceptors (Lipinski definition) is 3. The number of rotatable bonds is 4. The molecule has 0 aliphatic carbocycles. The fraction of sp³-hybridized carbons (Fsp3) is 0.846. The van der Waals surface area contributed by atoms with Gasteiger partial charge in [-0.3, -0.25) is 4.79 Å². The highest BCUT2D eigenvalue weighted by molar-refractivity contribution is 5.78. The molecule has 6 nitrogen and oxygen atoms in total. The van der Waals surface area contributed by atoms with E-state index in [9.17, 15) is 19.8 Å². The number of aliphatic carboxylic acids is 1. The van der Waals surface area contributed by atoms with Crippen LogP contribution in [0.4, 0.5) is 4.79 Å². The lowest BCUT2D eigenvalue weighted by Crippen LogP contribution is -2.52. The number of aliphatic hydroxyl groups is 1. The van der Waals surface area contributed by atoms with Gasteiger partial charge in [0.05, 0.1) is 11.5 Å². The van der Waals surface area contributed by atoms with Crippen molar-refractivity contribution in [2.45, 2.75) is 39.2 Å². The fourth-order valence-electron chi connectivity index (χ4n) is 2.29. The third-order valence-electron chi connectivity index (χ3n) is 3.69. The van der Waals surface area contributed by atoms with Gasteiger partial charge >= 0.3 is 12.0 Å². The normalized spacial score (nSPS) is 24.9. The van der Waals surface area contributed by atoms with Crippen molar-refractivity contribution in [3.63, 3.8) is 0 Å². The summed E-state index contributed by atoms with van der Waals surface area (Å²) in [6, 6.07) is -0.159. The molecule has 1 aliphatic heterocycles. The maximum absolute atomic E-state index is 12.2. The summed E-state index contributed by atoms with van der Waals surface area (Å²) >= 11 is 0. The van der Waals surface area contributed by atoms with Gasteiger partial charge in [-0.1, -0.05) is 0 Å². The highest BCUT2D eigenvalue weighted by Crippen LogP contribution is 2.30. The second-order valence-corrected chi connectivity index (χ2v) is 5.73. The van der Waals surface area contributed by atoms with E-state index >= 15 is 0 Å². The lowest BCUT2D eigenvalue weighted by molar-refractivity contribution is -0.150. The summed E-state index contributed by atoms with van der Waals surface area (Å²) in [6.45, 7) is 4.68. The minimum atomic E-state index is -0.850. The van der Waals surface area contributed by atoms with E-state index in [1.54, 1.807) is 30.7 Å². The topological polar surface area (TPSA) is 81.1 Å². The molecule has 1 heterocycles. The molecule has 2 atom stereocenters. The Balaban J connectivity index is 2.59. The molecule has 1 rings (SSSR count). The Morgan fingerprint density at radius 1 is 1.47 bits per heavy atom. The molecule has 1 saturated heterocycles. The van der Waals surface area contributed by atoms with E-state index < -0.39 is 17.5 Å². The van der Waals surface area contributed by atoms with Crippen molar-refractivity contribution in [2.24, 2.45) is 5.41 Å². The first-order chi connectivity index (χ1) is 8.76. The number of amides is 2. The monoisotopic (exact) mass is 272 g/mol. The first kappa shape index (κ1) is 15.8. The zero-order valence-corrected chi connectivity index (χ0v) is 11.9. The third kappa shape index (κ3) is 4.09. The van der Waals surface area contributed by atoms with Crippen molar-refractivity contribution < 1.29 is 19.8 Å². The Morgan fingerprint density at radius 2 is 2.11 bits per heavy atom. The molecule has 0 bridgehead atoms. The van der Waals surface area contributed by atoms with Crippen molar-refractivity contribution in [1.29, 1.82) is 0 Å². The molecule has 0 spiro atoms. The van der Waals surface area contributed by atoms with Crippen LogP contribution in [-0.2, 0) is 4.79 Å². The number of carbonyl (C=O) groups excluding carboxylic acids is 1. The molecule has 0 radical (unpaired) electrons. The molecule has 110 valence electrons. The van der Waals surface area contributed by atoms with E-state index in [0.29, 0.717) is 32.4 Å². The molecule has 1 aliphatic rings. The van der Waals surface area contributed by atoms with Gasteiger partial charge in [0.25, 0.3) is 0 Å². The van der Waals surface area contributed by atoms with E-state index in [1.807, 2.05) is 0 Å². The molecule has 0 aromatic carbocycles. The standard InChI is InChI=1S/C13H24N2O4/c1-10(16)5-8-14(3)12(19)15-7-4-6-13(2,9-15)11(17)18/h10,16H,4-9H2,1-3H3,(H,17,18). The molecule has 19 heavy (non-hydrogen) atoms. The fourth-order valence-corrected chi connectivity index (χ4v) is 2.29. The highest BCUT2D eigenvalue weighted by Gasteiger charge is 2.39. The number of hydrogen-bond donors (Lipinski definition) is 2. The van der Waals surface area contributed by atoms with Crippen molar-refractivity contribution in [3.8, 4) is 0 Å². The van der Waals surface area contributed by atoms with Crippen LogP contribution in [0.15, 0.2) is 0 Å². The van der Waals surface area contributed by atoms with Gasteiger partial charge in [-0.15, -0.1) is 0 Å². The summed E-state index contributed by atoms with van der Waals surface area (Å²) in [5, 5.41) is 18.4. The van der Waals surface area contributed by atoms with Crippen LogP contribution in [-0.4, -0.2) is 64.8 Å². The lowest BCUT2D eigenvalue weighted by Gasteiger charge is -2.39. The number of carboxylic acid groups (broad SMARTS) is 1. The minimum absolute atomic E-state index is 0.159. The van der Waals surface area contributed by atoms with Crippen LogP contribution in [0, 0.1) is 5.41 Å². The van der Waals surface area contributed by atoms with Gasteiger partial charge in [0.1, 0.15) is 0 Å². The average molecular weight is 272 g/mol. The smallest absolute Gasteiger partial charge is 0.319 e. The van der Waals surface area contributed by atoms with Gasteiger partial charge < -0.3 is 20.0 Å². The summed E-state index contributed by atoms with van der Waals surface area (Å²) in [4.78, 5) is 26.6. The first-order valence-corrected chi connectivity index (χ1v) is 6.68. The predicted molar refractivity (Wildman–Crippen MR) is 70.9 cm³/mol. The zero-order chi connectivity index (χ0) is 14.6. The molecule has 2 unspecified atom stereocenters. The maximum Gasteiger partial charge on any atom is 0.319 e. The van der Waals surface area contributed by atoms with Gasteiger partial charge in [0, 0.05) is 26.7 Å². The quantitative estimate of drug-likeness (QED) is 0.800. The Kier molecular flexibility index (Phi) is 5.17. The van der Waals surface area contributed by atoms with Crippen LogP contribution in [0.5, 0.6) is 0 Å². The summed E-state index contributed by atoms with van der Waals surface area (Å²) in [7, 11) is 1.68. The number of piperidine rings is 1. The molecule has 2 amide bonds. The van der Waals surface area contributed by atoms with Gasteiger partial charge in [-0.2, -0.15) is 0 Å². The number of carbonyl (C=O) groups is 2. The molecule has 0 aromatic rings. The van der Waals surface area contributed by atoms with Crippen LogP contribution in [0.3, 0.4) is 0 Å². The zero-order valence-electron chi connectivity index (χ0n) is 11.9. The van der Waals surface area contributed by atoms with Crippen LogP contribution >= 0.6 is 0 Å². The molecule has 6 heteroatoms. The Hall–Kier alpha value is -1.30. The molecule has 0 saturated carbocycles. The van der Waals surface area contributed by atoms with Crippen LogP contribution in [0.1, 0.15) is 33.1 Å². The Bertz CT molecular complexity index is 346. The van der Waals surface area contributed by atoms with Crippen molar-refractivity contribution in [1.82, 2.24) is 9.80 Å². The SMILES string of the molecule is CC(O)CCN(C)C(=O)N1CCCC(C)(C(=O)O)C1. The highest BCUT2D eigenvalue weighted by atomic mass is 16.4. The van der Waals surface area contributed by atoms with E-state index in [0.717, 1.165) is 0 Å². The predicted octanol–water partition coefficient (Wildman–Crippen LogP) is 0.996. The van der Waals surface area contributed by atoms with Crippen LogP contribution < -0.4 is 0 Å². The molecule has 1 fully saturated rings. The second kappa shape index (κ2) is 6.23. The summed E-state index contributed by atoms with van der Waals surface area (Å²) in [5.74, 6) is -0.850. The second-order valence-electron chi connectivity index (χ2n) is 5.73. The number of aliphatic hydroxyl groups excluding tert-OH is 1. The number of carboxylic acids is 1. The van der Waals surface area contributed by atoms with Gasteiger partial charge in [-0.25, -0.2) is 4.79 Å². The van der Waals surface area contributed by atoms with Crippen LogP contribution in [0.2, 0.25) is 0 Å². The Labute approximate surface area is 114 Å². The maximum atomic E-state index is 12.2. The Morgan fingerprint density at radius 3 is 2.63 bits per heavy atom. The lowest BCUT2D eigenvalue weighted by atomic mass is 9.82. The summed E-state index contributed by atoms with van der Waals surface area (Å²) in [6.07, 6.45) is 1.38.